The smallest absolute Gasteiger partial charge is 0.263 e. The summed E-state index contributed by atoms with van der Waals surface area (Å²) < 4.78 is 0. The Balaban J connectivity index is 2.42. The lowest BCUT2D eigenvalue weighted by Gasteiger charge is -1.81. The molecule has 1 heterocycles. The predicted octanol–water partition coefficient (Wildman–Crippen LogP) is 0.224. The summed E-state index contributed by atoms with van der Waals surface area (Å²) in [6.45, 7) is 0. The zero-order chi connectivity index (χ0) is 7.02. The molecular formula is C4H8N2O2S. The van der Waals surface area contributed by atoms with E-state index in [4.69, 9.17) is 0 Å². The van der Waals surface area contributed by atoms with Gasteiger partial charge >= 0.3 is 0 Å². The van der Waals surface area contributed by atoms with Crippen LogP contribution < -0.4 is 0 Å². The molecule has 0 aromatic heterocycles. The highest BCUT2D eigenvalue weighted by Gasteiger charge is 2.54. The second-order valence-corrected chi connectivity index (χ2v) is 2.95. The molecule has 0 N–H and O–H groups in total. The minimum absolute atomic E-state index is 0.111. The average Bonchev–Trinajstić information content (AvgIpc) is 2.40. The Morgan fingerprint density at radius 3 is 2.44 bits per heavy atom. The molecule has 52 valence electrons. The first-order chi connectivity index (χ1) is 4.18. The largest absolute Gasteiger partial charge is 0.294 e. The number of thioether (sulfide) groups is 1. The van der Waals surface area contributed by atoms with Crippen LogP contribution in [0.1, 0.15) is 0 Å². The van der Waals surface area contributed by atoms with Gasteiger partial charge in [-0.15, -0.1) is 11.8 Å². The minimum Gasteiger partial charge on any atom is -0.263 e. The van der Waals surface area contributed by atoms with Gasteiger partial charge in [0.25, 0.3) is 6.17 Å². The van der Waals surface area contributed by atoms with Crippen molar-refractivity contribution in [2.24, 2.45) is 0 Å². The summed E-state index contributed by atoms with van der Waals surface area (Å²) in [5.74, 6) is 0. The van der Waals surface area contributed by atoms with E-state index in [9.17, 15) is 10.1 Å². The maximum Gasteiger partial charge on any atom is 0.294 e. The fourth-order valence-corrected chi connectivity index (χ4v) is 1.76. The molecule has 0 aliphatic carbocycles. The molecule has 0 aromatic rings. The van der Waals surface area contributed by atoms with E-state index < -0.39 is 6.17 Å². The first-order valence-corrected chi connectivity index (χ1v) is 3.85. The molecule has 3 unspecified atom stereocenters. The summed E-state index contributed by atoms with van der Waals surface area (Å²) in [7, 11) is 1.76. The molecule has 3 atom stereocenters. The van der Waals surface area contributed by atoms with Crippen molar-refractivity contribution in [3.63, 3.8) is 0 Å². The third-order valence-corrected chi connectivity index (χ3v) is 2.50. The van der Waals surface area contributed by atoms with Crippen molar-refractivity contribution in [3.05, 3.63) is 10.1 Å². The molecule has 9 heavy (non-hydrogen) atoms. The summed E-state index contributed by atoms with van der Waals surface area (Å²) in [4.78, 5) is 11.6. The second kappa shape index (κ2) is 2.15. The van der Waals surface area contributed by atoms with Crippen LogP contribution in [0, 0.1) is 10.1 Å². The van der Waals surface area contributed by atoms with Crippen LogP contribution in [-0.2, 0) is 0 Å². The molecule has 1 rings (SSSR count). The van der Waals surface area contributed by atoms with Gasteiger partial charge in [-0.05, 0) is 13.3 Å². The maximum absolute atomic E-state index is 10.1. The molecule has 0 amide bonds. The van der Waals surface area contributed by atoms with Gasteiger partial charge in [0.05, 0.1) is 0 Å². The van der Waals surface area contributed by atoms with E-state index >= 15 is 0 Å². The van der Waals surface area contributed by atoms with Crippen LogP contribution >= 0.6 is 11.8 Å². The van der Waals surface area contributed by atoms with Crippen molar-refractivity contribution in [3.8, 4) is 0 Å². The van der Waals surface area contributed by atoms with Crippen LogP contribution in [-0.4, -0.2) is 34.7 Å². The van der Waals surface area contributed by atoms with E-state index in [1.807, 2.05) is 6.26 Å². The Hall–Kier alpha value is -0.290. The lowest BCUT2D eigenvalue weighted by Crippen LogP contribution is -2.07. The van der Waals surface area contributed by atoms with Crippen LogP contribution in [0.2, 0.25) is 0 Å². The summed E-state index contributed by atoms with van der Waals surface area (Å²) >= 11 is 1.52. The normalized spacial score (nSPS) is 40.4. The van der Waals surface area contributed by atoms with E-state index in [1.54, 1.807) is 11.9 Å². The van der Waals surface area contributed by atoms with Gasteiger partial charge in [-0.3, -0.25) is 10.1 Å². The highest BCUT2D eigenvalue weighted by molar-refractivity contribution is 7.99. The van der Waals surface area contributed by atoms with Crippen molar-refractivity contribution in [1.82, 2.24) is 4.90 Å². The standard InChI is InChI=1S/C4H8N2O2S/c1-5-3(6(7)8)4(5)9-2/h3-4H,1-2H3. The van der Waals surface area contributed by atoms with Crippen molar-refractivity contribution in [1.29, 1.82) is 0 Å². The molecule has 4 nitrogen and oxygen atoms in total. The van der Waals surface area contributed by atoms with Gasteiger partial charge in [-0.2, -0.15) is 0 Å². The molecule has 1 aliphatic rings. The molecule has 0 aromatic carbocycles. The number of hydrogen-bond donors (Lipinski definition) is 0. The molecule has 1 aliphatic heterocycles. The summed E-state index contributed by atoms with van der Waals surface area (Å²) in [6, 6.07) is 0. The molecule has 1 fully saturated rings. The first kappa shape index (κ1) is 6.82. The number of nitro groups is 1. The van der Waals surface area contributed by atoms with E-state index in [1.165, 1.54) is 11.8 Å². The van der Waals surface area contributed by atoms with Crippen molar-refractivity contribution in [2.75, 3.05) is 13.3 Å². The van der Waals surface area contributed by atoms with E-state index in [0.29, 0.717) is 0 Å². The van der Waals surface area contributed by atoms with Crippen LogP contribution in [0.3, 0.4) is 0 Å². The van der Waals surface area contributed by atoms with Crippen LogP contribution in [0.25, 0.3) is 0 Å². The lowest BCUT2D eigenvalue weighted by molar-refractivity contribution is -0.504. The van der Waals surface area contributed by atoms with Crippen LogP contribution in [0.15, 0.2) is 0 Å². The fourth-order valence-electron chi connectivity index (χ4n) is 0.836. The highest BCUT2D eigenvalue weighted by Crippen LogP contribution is 2.33. The quantitative estimate of drug-likeness (QED) is 0.319. The van der Waals surface area contributed by atoms with Gasteiger partial charge in [-0.25, -0.2) is 4.90 Å². The van der Waals surface area contributed by atoms with Gasteiger partial charge in [0.2, 0.25) is 0 Å². The van der Waals surface area contributed by atoms with E-state index in [-0.39, 0.29) is 10.3 Å². The van der Waals surface area contributed by atoms with Gasteiger partial charge in [-0.1, -0.05) is 0 Å². The summed E-state index contributed by atoms with van der Waals surface area (Å²) in [5, 5.41) is 10.2. The summed E-state index contributed by atoms with van der Waals surface area (Å²) in [5.41, 5.74) is 0. The van der Waals surface area contributed by atoms with Gasteiger partial charge in [0, 0.05) is 4.92 Å². The molecule has 0 spiro atoms. The highest BCUT2D eigenvalue weighted by atomic mass is 32.2. The Morgan fingerprint density at radius 1 is 1.78 bits per heavy atom. The Bertz CT molecular complexity index is 141. The third kappa shape index (κ3) is 1.02. The predicted molar refractivity (Wildman–Crippen MR) is 35.8 cm³/mol. The SMILES string of the molecule is CSC1C([N+](=O)[O-])N1C. The topological polar surface area (TPSA) is 46.1 Å². The number of rotatable bonds is 2. The Kier molecular flexibility index (Phi) is 1.63. The molecule has 1 saturated heterocycles. The molecule has 0 bridgehead atoms. The Labute approximate surface area is 57.4 Å². The Morgan fingerprint density at radius 2 is 2.33 bits per heavy atom. The molecule has 0 radical (unpaired) electrons. The zero-order valence-electron chi connectivity index (χ0n) is 5.27. The van der Waals surface area contributed by atoms with Crippen molar-refractivity contribution >= 4 is 11.8 Å². The lowest BCUT2D eigenvalue weighted by atomic mass is 10.8. The van der Waals surface area contributed by atoms with Gasteiger partial charge in [0.15, 0.2) is 0 Å². The fraction of sp³-hybridized carbons (Fsp3) is 1.00. The second-order valence-electron chi connectivity index (χ2n) is 1.99. The van der Waals surface area contributed by atoms with Gasteiger partial charge in [0.1, 0.15) is 5.37 Å². The van der Waals surface area contributed by atoms with E-state index in [0.717, 1.165) is 0 Å². The van der Waals surface area contributed by atoms with Crippen LogP contribution in [0.5, 0.6) is 0 Å². The van der Waals surface area contributed by atoms with E-state index in [2.05, 4.69) is 0 Å². The zero-order valence-corrected chi connectivity index (χ0v) is 6.09. The molecule has 0 saturated carbocycles. The minimum atomic E-state index is -0.431. The maximum atomic E-state index is 10.1. The average molecular weight is 148 g/mol. The van der Waals surface area contributed by atoms with Crippen molar-refractivity contribution in [2.45, 2.75) is 11.5 Å². The number of nitrogens with zero attached hydrogens (tertiary/aromatic N) is 2. The molecular weight excluding hydrogens is 140 g/mol. The number of likely N-dealkylation sites (N-methyl/N-ethyl adjacent to an activating group) is 1. The monoisotopic (exact) mass is 148 g/mol. The van der Waals surface area contributed by atoms with Crippen LogP contribution in [0.4, 0.5) is 0 Å². The number of hydrogen-bond acceptors (Lipinski definition) is 4. The first-order valence-electron chi connectivity index (χ1n) is 2.56. The van der Waals surface area contributed by atoms with Gasteiger partial charge < -0.3 is 0 Å². The molecule has 5 heteroatoms. The summed E-state index contributed by atoms with van der Waals surface area (Å²) in [6.07, 6.45) is 1.45. The third-order valence-electron chi connectivity index (χ3n) is 1.44. The van der Waals surface area contributed by atoms with Crippen molar-refractivity contribution < 1.29 is 4.92 Å².